The molecule has 104 valence electrons. The molecule has 0 amide bonds. The molecule has 1 N–H and O–H groups in total. The summed E-state index contributed by atoms with van der Waals surface area (Å²) in [6, 6.07) is 0.720. The van der Waals surface area contributed by atoms with Gasteiger partial charge in [0.05, 0.1) is 0 Å². The zero-order valence-electron chi connectivity index (χ0n) is 12.6. The van der Waals surface area contributed by atoms with Gasteiger partial charge in [-0.25, -0.2) is 0 Å². The Balaban J connectivity index is 3.67. The summed E-state index contributed by atoms with van der Waals surface area (Å²) in [5.74, 6) is 0. The van der Waals surface area contributed by atoms with Crippen molar-refractivity contribution in [1.29, 1.82) is 0 Å². The molecule has 0 rings (SSSR count). The molecule has 0 saturated carbocycles. The molecule has 0 aromatic rings. The van der Waals surface area contributed by atoms with Crippen molar-refractivity contribution in [3.05, 3.63) is 0 Å². The van der Waals surface area contributed by atoms with Gasteiger partial charge in [-0.05, 0) is 40.4 Å². The predicted octanol–water partition coefficient (Wildman–Crippen LogP) is 2.04. The van der Waals surface area contributed by atoms with Crippen LogP contribution in [-0.4, -0.2) is 62.7 Å². The Hall–Kier alpha value is -0.120. The van der Waals surface area contributed by atoms with Crippen molar-refractivity contribution in [1.82, 2.24) is 15.1 Å². The van der Waals surface area contributed by atoms with Crippen LogP contribution in [-0.2, 0) is 0 Å². The lowest BCUT2D eigenvalue weighted by atomic mass is 10.2. The number of rotatable bonds is 11. The van der Waals surface area contributed by atoms with Gasteiger partial charge in [0.25, 0.3) is 0 Å². The maximum absolute atomic E-state index is 3.52. The third-order valence-electron chi connectivity index (χ3n) is 3.32. The van der Waals surface area contributed by atoms with Crippen LogP contribution in [0.15, 0.2) is 0 Å². The fourth-order valence-corrected chi connectivity index (χ4v) is 1.82. The average molecular weight is 243 g/mol. The standard InChI is InChI=1S/C14H33N3/c1-6-8-11-17(14(3)7-2)13-10-15-9-12-16(4)5/h14-15H,6-13H2,1-5H3. The smallest absolute Gasteiger partial charge is 0.0110 e. The summed E-state index contributed by atoms with van der Waals surface area (Å²) in [7, 11) is 4.24. The van der Waals surface area contributed by atoms with Crippen molar-refractivity contribution in [3.63, 3.8) is 0 Å². The van der Waals surface area contributed by atoms with E-state index in [1.807, 2.05) is 0 Å². The molecule has 1 atom stereocenters. The largest absolute Gasteiger partial charge is 0.314 e. The molecule has 3 nitrogen and oxygen atoms in total. The summed E-state index contributed by atoms with van der Waals surface area (Å²) in [6.07, 6.45) is 3.87. The molecule has 0 aromatic heterocycles. The number of nitrogens with zero attached hydrogens (tertiary/aromatic N) is 2. The highest BCUT2D eigenvalue weighted by Gasteiger charge is 2.10. The monoisotopic (exact) mass is 243 g/mol. The highest BCUT2D eigenvalue weighted by atomic mass is 15.2. The van der Waals surface area contributed by atoms with Gasteiger partial charge in [0, 0.05) is 32.2 Å². The molecular formula is C14H33N3. The SMILES string of the molecule is CCCCN(CCNCCN(C)C)C(C)CC. The van der Waals surface area contributed by atoms with Crippen LogP contribution < -0.4 is 5.32 Å². The second kappa shape index (κ2) is 11.0. The van der Waals surface area contributed by atoms with E-state index in [2.05, 4.69) is 50.0 Å². The fourth-order valence-electron chi connectivity index (χ4n) is 1.82. The van der Waals surface area contributed by atoms with Gasteiger partial charge in [0.2, 0.25) is 0 Å². The van der Waals surface area contributed by atoms with E-state index in [0.29, 0.717) is 0 Å². The molecular weight excluding hydrogens is 210 g/mol. The average Bonchev–Trinajstić information content (AvgIpc) is 2.31. The van der Waals surface area contributed by atoms with E-state index in [4.69, 9.17) is 0 Å². The van der Waals surface area contributed by atoms with E-state index in [9.17, 15) is 0 Å². The van der Waals surface area contributed by atoms with Crippen molar-refractivity contribution in [3.8, 4) is 0 Å². The summed E-state index contributed by atoms with van der Waals surface area (Å²) in [5, 5.41) is 3.52. The summed E-state index contributed by atoms with van der Waals surface area (Å²) in [4.78, 5) is 4.84. The van der Waals surface area contributed by atoms with Crippen molar-refractivity contribution < 1.29 is 0 Å². The van der Waals surface area contributed by atoms with Crippen LogP contribution in [0.3, 0.4) is 0 Å². The lowest BCUT2D eigenvalue weighted by molar-refractivity contribution is 0.201. The molecule has 0 radical (unpaired) electrons. The highest BCUT2D eigenvalue weighted by molar-refractivity contribution is 4.67. The van der Waals surface area contributed by atoms with Crippen molar-refractivity contribution in [2.45, 2.75) is 46.1 Å². The quantitative estimate of drug-likeness (QED) is 0.560. The van der Waals surface area contributed by atoms with Crippen LogP contribution in [0.5, 0.6) is 0 Å². The maximum Gasteiger partial charge on any atom is 0.0110 e. The van der Waals surface area contributed by atoms with Gasteiger partial charge >= 0.3 is 0 Å². The van der Waals surface area contributed by atoms with Crippen LogP contribution in [0.25, 0.3) is 0 Å². The number of nitrogens with one attached hydrogen (secondary N) is 1. The van der Waals surface area contributed by atoms with Gasteiger partial charge in [-0.3, -0.25) is 4.90 Å². The van der Waals surface area contributed by atoms with Crippen molar-refractivity contribution in [2.24, 2.45) is 0 Å². The maximum atomic E-state index is 3.52. The Morgan fingerprint density at radius 1 is 1.00 bits per heavy atom. The third-order valence-corrected chi connectivity index (χ3v) is 3.32. The summed E-state index contributed by atoms with van der Waals surface area (Å²) < 4.78 is 0. The summed E-state index contributed by atoms with van der Waals surface area (Å²) >= 11 is 0. The first-order valence-corrected chi connectivity index (χ1v) is 7.21. The van der Waals surface area contributed by atoms with E-state index < -0.39 is 0 Å². The van der Waals surface area contributed by atoms with E-state index in [1.165, 1.54) is 32.4 Å². The second-order valence-corrected chi connectivity index (χ2v) is 5.20. The molecule has 3 heteroatoms. The van der Waals surface area contributed by atoms with Crippen LogP contribution in [0, 0.1) is 0 Å². The van der Waals surface area contributed by atoms with E-state index in [-0.39, 0.29) is 0 Å². The highest BCUT2D eigenvalue weighted by Crippen LogP contribution is 2.04. The Labute approximate surface area is 109 Å². The molecule has 1 unspecified atom stereocenters. The third kappa shape index (κ3) is 9.57. The molecule has 17 heavy (non-hydrogen) atoms. The van der Waals surface area contributed by atoms with Gasteiger partial charge in [0.15, 0.2) is 0 Å². The Morgan fingerprint density at radius 3 is 2.18 bits per heavy atom. The van der Waals surface area contributed by atoms with Crippen molar-refractivity contribution in [2.75, 3.05) is 46.8 Å². The number of likely N-dealkylation sites (N-methyl/N-ethyl adjacent to an activating group) is 1. The Morgan fingerprint density at radius 2 is 1.65 bits per heavy atom. The minimum absolute atomic E-state index is 0.720. The fraction of sp³-hybridized carbons (Fsp3) is 1.00. The normalized spacial score (nSPS) is 13.6. The van der Waals surface area contributed by atoms with E-state index in [0.717, 1.165) is 25.7 Å². The van der Waals surface area contributed by atoms with Crippen LogP contribution in [0.2, 0.25) is 0 Å². The molecule has 0 aliphatic heterocycles. The summed E-state index contributed by atoms with van der Waals surface area (Å²) in [5.41, 5.74) is 0. The predicted molar refractivity (Wildman–Crippen MR) is 77.7 cm³/mol. The molecule has 0 saturated heterocycles. The lowest BCUT2D eigenvalue weighted by Gasteiger charge is -2.28. The zero-order chi connectivity index (χ0) is 13.1. The minimum atomic E-state index is 0.720. The first-order valence-electron chi connectivity index (χ1n) is 7.21. The molecule has 0 heterocycles. The molecule has 0 bridgehead atoms. The van der Waals surface area contributed by atoms with Crippen molar-refractivity contribution >= 4 is 0 Å². The topological polar surface area (TPSA) is 18.5 Å². The Bertz CT molecular complexity index is 160. The van der Waals surface area contributed by atoms with Gasteiger partial charge in [-0.15, -0.1) is 0 Å². The van der Waals surface area contributed by atoms with Crippen LogP contribution in [0.4, 0.5) is 0 Å². The number of unbranched alkanes of at least 4 members (excludes halogenated alkanes) is 1. The van der Waals surface area contributed by atoms with E-state index in [1.54, 1.807) is 0 Å². The molecule has 0 fully saturated rings. The summed E-state index contributed by atoms with van der Waals surface area (Å²) in [6.45, 7) is 12.7. The van der Waals surface area contributed by atoms with Gasteiger partial charge in [-0.1, -0.05) is 20.3 Å². The molecule has 0 aliphatic carbocycles. The lowest BCUT2D eigenvalue weighted by Crippen LogP contribution is -2.39. The van der Waals surface area contributed by atoms with Crippen LogP contribution >= 0.6 is 0 Å². The molecule has 0 aromatic carbocycles. The van der Waals surface area contributed by atoms with Gasteiger partial charge < -0.3 is 10.2 Å². The second-order valence-electron chi connectivity index (χ2n) is 5.20. The minimum Gasteiger partial charge on any atom is -0.314 e. The van der Waals surface area contributed by atoms with Gasteiger partial charge in [0.1, 0.15) is 0 Å². The zero-order valence-corrected chi connectivity index (χ0v) is 12.6. The van der Waals surface area contributed by atoms with Gasteiger partial charge in [-0.2, -0.15) is 0 Å². The molecule has 0 spiro atoms. The number of hydrogen-bond acceptors (Lipinski definition) is 3. The van der Waals surface area contributed by atoms with Crippen LogP contribution in [0.1, 0.15) is 40.0 Å². The number of hydrogen-bond donors (Lipinski definition) is 1. The molecule has 0 aliphatic rings. The first-order chi connectivity index (χ1) is 8.11. The van der Waals surface area contributed by atoms with E-state index >= 15 is 0 Å². The first kappa shape index (κ1) is 16.9. The Kier molecular flexibility index (Phi) is 10.9.